The molecule has 3 N–H and O–H groups in total. The van der Waals surface area contributed by atoms with Crippen molar-refractivity contribution < 1.29 is 13.2 Å². The number of likely N-dealkylation sites (tertiary alicyclic amines) is 1. The molecule has 0 aliphatic carbocycles. The van der Waals surface area contributed by atoms with Gasteiger partial charge in [-0.3, -0.25) is 4.79 Å². The Hall–Kier alpha value is -0.960. The van der Waals surface area contributed by atoms with Crippen LogP contribution in [0, 0.1) is 5.41 Å². The van der Waals surface area contributed by atoms with Gasteiger partial charge in [0.25, 0.3) is 10.0 Å². The molecule has 8 heteroatoms. The molecule has 1 aliphatic heterocycles. The van der Waals surface area contributed by atoms with E-state index in [4.69, 9.17) is 5.73 Å². The predicted octanol–water partition coefficient (Wildman–Crippen LogP) is 0.612. The highest BCUT2D eigenvalue weighted by atomic mass is 32.2. The second kappa shape index (κ2) is 6.04. The molecule has 1 aromatic heterocycles. The third kappa shape index (κ3) is 3.63. The number of hydrogen-bond acceptors (Lipinski definition) is 5. The van der Waals surface area contributed by atoms with Crippen molar-refractivity contribution >= 4 is 27.3 Å². The van der Waals surface area contributed by atoms with E-state index in [9.17, 15) is 13.2 Å². The Labute approximate surface area is 129 Å². The number of hydrogen-bond donors (Lipinski definition) is 2. The molecule has 2 rings (SSSR count). The van der Waals surface area contributed by atoms with Gasteiger partial charge >= 0.3 is 0 Å². The number of carbonyl (C=O) groups is 1. The van der Waals surface area contributed by atoms with E-state index in [1.807, 2.05) is 6.92 Å². The molecule has 21 heavy (non-hydrogen) atoms. The highest BCUT2D eigenvalue weighted by Gasteiger charge is 2.37. The molecule has 6 nitrogen and oxygen atoms in total. The molecule has 0 saturated carbocycles. The van der Waals surface area contributed by atoms with Gasteiger partial charge in [-0.2, -0.15) is 4.72 Å². The minimum Gasteiger partial charge on any atom is -0.341 e. The summed E-state index contributed by atoms with van der Waals surface area (Å²) < 4.78 is 26.9. The van der Waals surface area contributed by atoms with Gasteiger partial charge in [-0.25, -0.2) is 8.42 Å². The van der Waals surface area contributed by atoms with Crippen molar-refractivity contribution in [3.63, 3.8) is 0 Å². The maximum Gasteiger partial charge on any atom is 0.250 e. The quantitative estimate of drug-likeness (QED) is 0.827. The molecule has 1 fully saturated rings. The molecule has 0 radical (unpaired) electrons. The highest BCUT2D eigenvalue weighted by Crippen LogP contribution is 2.28. The van der Waals surface area contributed by atoms with Crippen LogP contribution in [0.5, 0.6) is 0 Å². The molecular weight excluding hydrogens is 310 g/mol. The summed E-state index contributed by atoms with van der Waals surface area (Å²) in [4.78, 5) is 14.0. The van der Waals surface area contributed by atoms with E-state index in [0.717, 1.165) is 17.8 Å². The summed E-state index contributed by atoms with van der Waals surface area (Å²) in [6, 6.07) is 2.40. The third-order valence-electron chi connectivity index (χ3n) is 3.82. The van der Waals surface area contributed by atoms with Crippen molar-refractivity contribution in [3.05, 3.63) is 17.5 Å². The first kappa shape index (κ1) is 16.4. The standard InChI is InChI=1S/C13H21N3O3S2/c1-10(15-21(18,19)11-4-3-7-20-11)12(17)16-6-5-13(2,8-14)9-16/h3-4,7,10,15H,5-6,8-9,14H2,1-2H3. The minimum atomic E-state index is -3.63. The smallest absolute Gasteiger partial charge is 0.250 e. The summed E-state index contributed by atoms with van der Waals surface area (Å²) >= 11 is 1.13. The molecule has 1 amide bonds. The van der Waals surface area contributed by atoms with Crippen LogP contribution in [0.3, 0.4) is 0 Å². The fourth-order valence-corrected chi connectivity index (χ4v) is 4.62. The number of carbonyl (C=O) groups excluding carboxylic acids is 1. The summed E-state index contributed by atoms with van der Waals surface area (Å²) in [5.74, 6) is -0.202. The lowest BCUT2D eigenvalue weighted by atomic mass is 9.90. The molecule has 118 valence electrons. The zero-order valence-electron chi connectivity index (χ0n) is 12.2. The Morgan fingerprint density at radius 3 is 2.86 bits per heavy atom. The summed E-state index contributed by atoms with van der Waals surface area (Å²) in [5.41, 5.74) is 5.66. The van der Waals surface area contributed by atoms with Gasteiger partial charge in [0.1, 0.15) is 4.21 Å². The maximum absolute atomic E-state index is 12.4. The maximum atomic E-state index is 12.4. The SMILES string of the molecule is CC(NS(=O)(=O)c1cccs1)C(=O)N1CCC(C)(CN)C1. The first-order chi connectivity index (χ1) is 9.77. The van der Waals surface area contributed by atoms with E-state index in [1.165, 1.54) is 6.07 Å². The normalized spacial score (nSPS) is 24.2. The number of nitrogens with two attached hydrogens (primary N) is 1. The van der Waals surface area contributed by atoms with E-state index in [-0.39, 0.29) is 15.5 Å². The van der Waals surface area contributed by atoms with E-state index in [2.05, 4.69) is 4.72 Å². The van der Waals surface area contributed by atoms with Crippen molar-refractivity contribution in [3.8, 4) is 0 Å². The molecule has 2 atom stereocenters. The van der Waals surface area contributed by atoms with Gasteiger partial charge in [0.15, 0.2) is 0 Å². The molecule has 0 bridgehead atoms. The van der Waals surface area contributed by atoms with Crippen LogP contribution in [0.2, 0.25) is 0 Å². The summed E-state index contributed by atoms with van der Waals surface area (Å²) in [6.45, 7) is 5.34. The monoisotopic (exact) mass is 331 g/mol. The summed E-state index contributed by atoms with van der Waals surface area (Å²) in [7, 11) is -3.63. The van der Waals surface area contributed by atoms with Crippen molar-refractivity contribution in [2.24, 2.45) is 11.1 Å². The Morgan fingerprint density at radius 1 is 1.62 bits per heavy atom. The third-order valence-corrected chi connectivity index (χ3v) is 6.76. The Morgan fingerprint density at radius 2 is 2.33 bits per heavy atom. The Balaban J connectivity index is 2.01. The first-order valence-electron chi connectivity index (χ1n) is 6.82. The van der Waals surface area contributed by atoms with Crippen LogP contribution >= 0.6 is 11.3 Å². The van der Waals surface area contributed by atoms with Gasteiger partial charge in [-0.05, 0) is 36.8 Å². The lowest BCUT2D eigenvalue weighted by Gasteiger charge is -2.24. The van der Waals surface area contributed by atoms with Crippen molar-refractivity contribution in [1.29, 1.82) is 0 Å². The predicted molar refractivity (Wildman–Crippen MR) is 82.5 cm³/mol. The fourth-order valence-electron chi connectivity index (χ4n) is 2.41. The van der Waals surface area contributed by atoms with E-state index in [1.54, 1.807) is 23.3 Å². The van der Waals surface area contributed by atoms with Crippen molar-refractivity contribution in [2.75, 3.05) is 19.6 Å². The van der Waals surface area contributed by atoms with Crippen LogP contribution < -0.4 is 10.5 Å². The van der Waals surface area contributed by atoms with Crippen molar-refractivity contribution in [2.45, 2.75) is 30.5 Å². The molecule has 2 heterocycles. The number of nitrogens with one attached hydrogen (secondary N) is 1. The zero-order valence-corrected chi connectivity index (χ0v) is 13.8. The molecule has 1 saturated heterocycles. The van der Waals surface area contributed by atoms with Crippen LogP contribution in [-0.2, 0) is 14.8 Å². The number of nitrogens with zero attached hydrogens (tertiary/aromatic N) is 1. The van der Waals surface area contributed by atoms with Crippen LogP contribution in [-0.4, -0.2) is 44.9 Å². The lowest BCUT2D eigenvalue weighted by molar-refractivity contribution is -0.131. The average Bonchev–Trinajstić information content (AvgIpc) is 3.07. The number of amides is 1. The molecule has 2 unspecified atom stereocenters. The van der Waals surface area contributed by atoms with Gasteiger partial charge in [-0.15, -0.1) is 11.3 Å². The van der Waals surface area contributed by atoms with Gasteiger partial charge in [0.05, 0.1) is 6.04 Å². The second-order valence-corrected chi connectivity index (χ2v) is 8.69. The second-order valence-electron chi connectivity index (χ2n) is 5.80. The zero-order chi connectivity index (χ0) is 15.7. The van der Waals surface area contributed by atoms with Gasteiger partial charge < -0.3 is 10.6 Å². The lowest BCUT2D eigenvalue weighted by Crippen LogP contribution is -2.46. The molecular formula is C13H21N3O3S2. The Kier molecular flexibility index (Phi) is 4.72. The average molecular weight is 331 g/mol. The minimum absolute atomic E-state index is 0.0675. The van der Waals surface area contributed by atoms with E-state index >= 15 is 0 Å². The number of thiophene rings is 1. The van der Waals surface area contributed by atoms with Gasteiger partial charge in [0.2, 0.25) is 5.91 Å². The molecule has 0 spiro atoms. The van der Waals surface area contributed by atoms with Gasteiger partial charge in [0, 0.05) is 13.1 Å². The van der Waals surface area contributed by atoms with Gasteiger partial charge in [-0.1, -0.05) is 13.0 Å². The first-order valence-corrected chi connectivity index (χ1v) is 9.18. The highest BCUT2D eigenvalue weighted by molar-refractivity contribution is 7.91. The number of rotatable bonds is 5. The molecule has 0 aromatic carbocycles. The topological polar surface area (TPSA) is 92.5 Å². The largest absolute Gasteiger partial charge is 0.341 e. The molecule has 1 aliphatic rings. The molecule has 1 aromatic rings. The Bertz CT molecular complexity index is 600. The fraction of sp³-hybridized carbons (Fsp3) is 0.615. The summed E-state index contributed by atoms with van der Waals surface area (Å²) in [6.07, 6.45) is 0.847. The van der Waals surface area contributed by atoms with Crippen LogP contribution in [0.15, 0.2) is 21.7 Å². The summed E-state index contributed by atoms with van der Waals surface area (Å²) in [5, 5.41) is 1.69. The number of sulfonamides is 1. The van der Waals surface area contributed by atoms with Crippen LogP contribution in [0.25, 0.3) is 0 Å². The van der Waals surface area contributed by atoms with Crippen LogP contribution in [0.4, 0.5) is 0 Å². The van der Waals surface area contributed by atoms with Crippen LogP contribution in [0.1, 0.15) is 20.3 Å². The van der Waals surface area contributed by atoms with E-state index in [0.29, 0.717) is 19.6 Å². The van der Waals surface area contributed by atoms with E-state index < -0.39 is 16.1 Å². The van der Waals surface area contributed by atoms with Crippen molar-refractivity contribution in [1.82, 2.24) is 9.62 Å².